The molecule has 2 atom stereocenters. The van der Waals surface area contributed by atoms with Crippen LogP contribution in [0.15, 0.2) is 48.5 Å². The fourth-order valence-electron chi connectivity index (χ4n) is 2.46. The van der Waals surface area contributed by atoms with E-state index in [-0.39, 0.29) is 5.91 Å². The van der Waals surface area contributed by atoms with Gasteiger partial charge in [0.15, 0.2) is 6.10 Å². The summed E-state index contributed by atoms with van der Waals surface area (Å²) in [5.74, 6) is -0.682. The van der Waals surface area contributed by atoms with E-state index in [4.69, 9.17) is 10.00 Å². The van der Waals surface area contributed by atoms with Crippen LogP contribution in [-0.4, -0.2) is 18.0 Å². The third-order valence-electron chi connectivity index (χ3n) is 4.26. The van der Waals surface area contributed by atoms with Gasteiger partial charge in [-0.05, 0) is 55.2 Å². The van der Waals surface area contributed by atoms with Gasteiger partial charge in [-0.2, -0.15) is 5.26 Å². The number of hydrogen-bond acceptors (Lipinski definition) is 4. The number of hydrogen-bond donors (Lipinski definition) is 1. The molecule has 0 saturated carbocycles. The van der Waals surface area contributed by atoms with Crippen molar-refractivity contribution in [2.75, 3.05) is 5.32 Å². The second kappa shape index (κ2) is 8.82. The Morgan fingerprint density at radius 3 is 2.38 bits per heavy atom. The molecule has 5 heteroatoms. The fraction of sp³-hybridized carbons (Fsp3) is 0.286. The van der Waals surface area contributed by atoms with Gasteiger partial charge in [0.1, 0.15) is 0 Å². The molecule has 2 rings (SSSR count). The summed E-state index contributed by atoms with van der Waals surface area (Å²) in [5, 5.41) is 11.6. The van der Waals surface area contributed by atoms with Crippen LogP contribution in [0.25, 0.3) is 0 Å². The Labute approximate surface area is 153 Å². The number of nitrogens with one attached hydrogen (secondary N) is 1. The first kappa shape index (κ1) is 19.2. The molecule has 1 N–H and O–H groups in total. The van der Waals surface area contributed by atoms with Gasteiger partial charge in [0.25, 0.3) is 5.91 Å². The van der Waals surface area contributed by atoms with Gasteiger partial charge in [0, 0.05) is 5.69 Å². The molecule has 0 saturated heterocycles. The molecule has 0 spiro atoms. The van der Waals surface area contributed by atoms with Gasteiger partial charge < -0.3 is 10.1 Å². The average Bonchev–Trinajstić information content (AvgIpc) is 2.67. The summed E-state index contributed by atoms with van der Waals surface area (Å²) < 4.78 is 5.24. The van der Waals surface area contributed by atoms with Gasteiger partial charge >= 0.3 is 5.97 Å². The van der Waals surface area contributed by atoms with Crippen molar-refractivity contribution in [1.82, 2.24) is 0 Å². The predicted octanol–water partition coefficient (Wildman–Crippen LogP) is 4.26. The lowest BCUT2D eigenvalue weighted by atomic mass is 9.97. The lowest BCUT2D eigenvalue weighted by Crippen LogP contribution is -2.30. The molecule has 2 aromatic carbocycles. The highest BCUT2D eigenvalue weighted by Gasteiger charge is 2.20. The monoisotopic (exact) mass is 350 g/mol. The van der Waals surface area contributed by atoms with Gasteiger partial charge in [0.2, 0.25) is 0 Å². The standard InChI is InChI=1S/C21H22N2O3/c1-4-14(2)18-7-5-6-8-19(18)23-20(24)15(3)26-21(25)17-11-9-16(13-22)10-12-17/h5-12,14-15H,4H2,1-3H3,(H,23,24)/t14-,15+/m0/s1. The maximum absolute atomic E-state index is 12.4. The minimum absolute atomic E-state index is 0.295. The van der Waals surface area contributed by atoms with Gasteiger partial charge in [-0.1, -0.05) is 32.0 Å². The van der Waals surface area contributed by atoms with Crippen molar-refractivity contribution in [3.63, 3.8) is 0 Å². The van der Waals surface area contributed by atoms with Crippen molar-refractivity contribution in [1.29, 1.82) is 5.26 Å². The van der Waals surface area contributed by atoms with Gasteiger partial charge in [-0.15, -0.1) is 0 Å². The van der Waals surface area contributed by atoms with Gasteiger partial charge in [-0.3, -0.25) is 4.79 Å². The number of para-hydroxylation sites is 1. The summed E-state index contributed by atoms with van der Waals surface area (Å²) in [7, 11) is 0. The Bertz CT molecular complexity index is 822. The fourth-order valence-corrected chi connectivity index (χ4v) is 2.46. The third kappa shape index (κ3) is 4.70. The van der Waals surface area contributed by atoms with E-state index in [2.05, 4.69) is 19.2 Å². The van der Waals surface area contributed by atoms with Crippen LogP contribution in [0.2, 0.25) is 0 Å². The van der Waals surface area contributed by atoms with E-state index in [1.165, 1.54) is 31.2 Å². The average molecular weight is 350 g/mol. The number of carbonyl (C=O) groups is 2. The van der Waals surface area contributed by atoms with E-state index in [9.17, 15) is 9.59 Å². The maximum atomic E-state index is 12.4. The number of nitrogens with zero attached hydrogens (tertiary/aromatic N) is 1. The lowest BCUT2D eigenvalue weighted by Gasteiger charge is -2.18. The van der Waals surface area contributed by atoms with E-state index in [1.807, 2.05) is 30.3 Å². The molecular weight excluding hydrogens is 328 g/mol. The molecule has 0 aliphatic rings. The van der Waals surface area contributed by atoms with E-state index in [0.29, 0.717) is 17.0 Å². The molecule has 134 valence electrons. The first-order valence-corrected chi connectivity index (χ1v) is 8.57. The second-order valence-electron chi connectivity index (χ2n) is 6.12. The Kier molecular flexibility index (Phi) is 6.51. The molecule has 26 heavy (non-hydrogen) atoms. The van der Waals surface area contributed by atoms with Crippen LogP contribution in [0.3, 0.4) is 0 Å². The smallest absolute Gasteiger partial charge is 0.338 e. The zero-order valence-corrected chi connectivity index (χ0v) is 15.2. The molecule has 0 unspecified atom stereocenters. The molecule has 0 aliphatic heterocycles. The summed E-state index contributed by atoms with van der Waals surface area (Å²) in [5.41, 5.74) is 2.53. The van der Waals surface area contributed by atoms with Crippen molar-refractivity contribution in [3.8, 4) is 6.07 Å². The molecule has 2 aromatic rings. The van der Waals surface area contributed by atoms with Crippen molar-refractivity contribution in [2.24, 2.45) is 0 Å². The van der Waals surface area contributed by atoms with Crippen molar-refractivity contribution < 1.29 is 14.3 Å². The molecule has 0 bridgehead atoms. The number of benzene rings is 2. The molecule has 5 nitrogen and oxygen atoms in total. The van der Waals surface area contributed by atoms with Crippen LogP contribution in [0.1, 0.15) is 54.6 Å². The van der Waals surface area contributed by atoms with E-state index >= 15 is 0 Å². The van der Waals surface area contributed by atoms with Crippen LogP contribution in [-0.2, 0) is 9.53 Å². The Balaban J connectivity index is 2.04. The summed E-state index contributed by atoms with van der Waals surface area (Å²) in [6, 6.07) is 15.7. The van der Waals surface area contributed by atoms with Crippen LogP contribution in [0.5, 0.6) is 0 Å². The molecule has 0 fully saturated rings. The highest BCUT2D eigenvalue weighted by Crippen LogP contribution is 2.26. The first-order chi connectivity index (χ1) is 12.5. The van der Waals surface area contributed by atoms with Gasteiger partial charge in [-0.25, -0.2) is 4.79 Å². The number of amides is 1. The quantitative estimate of drug-likeness (QED) is 0.790. The first-order valence-electron chi connectivity index (χ1n) is 8.57. The maximum Gasteiger partial charge on any atom is 0.338 e. The summed E-state index contributed by atoms with van der Waals surface area (Å²) in [6.45, 7) is 5.72. The van der Waals surface area contributed by atoms with Crippen LogP contribution in [0.4, 0.5) is 5.69 Å². The highest BCUT2D eigenvalue weighted by molar-refractivity contribution is 5.97. The van der Waals surface area contributed by atoms with Crippen molar-refractivity contribution in [2.45, 2.75) is 39.2 Å². The minimum Gasteiger partial charge on any atom is -0.449 e. The molecule has 1 amide bonds. The lowest BCUT2D eigenvalue weighted by molar-refractivity contribution is -0.123. The molecular formula is C21H22N2O3. The normalized spacial score (nSPS) is 12.5. The Hall–Kier alpha value is -3.13. The molecule has 0 radical (unpaired) electrons. The van der Waals surface area contributed by atoms with Crippen LogP contribution < -0.4 is 5.32 Å². The largest absolute Gasteiger partial charge is 0.449 e. The number of carbonyl (C=O) groups excluding carboxylic acids is 2. The summed E-state index contributed by atoms with van der Waals surface area (Å²) >= 11 is 0. The zero-order chi connectivity index (χ0) is 19.1. The number of nitriles is 1. The predicted molar refractivity (Wildman–Crippen MR) is 99.8 cm³/mol. The zero-order valence-electron chi connectivity index (χ0n) is 15.2. The Morgan fingerprint density at radius 2 is 1.77 bits per heavy atom. The topological polar surface area (TPSA) is 79.2 Å². The van der Waals surface area contributed by atoms with E-state index in [0.717, 1.165) is 17.7 Å². The van der Waals surface area contributed by atoms with E-state index < -0.39 is 12.1 Å². The number of esters is 1. The molecule has 0 aromatic heterocycles. The SMILES string of the molecule is CC[C@H](C)c1ccccc1NC(=O)[C@@H](C)OC(=O)c1ccc(C#N)cc1. The van der Waals surface area contributed by atoms with E-state index in [1.54, 1.807) is 0 Å². The second-order valence-corrected chi connectivity index (χ2v) is 6.12. The number of anilines is 1. The highest BCUT2D eigenvalue weighted by atomic mass is 16.5. The molecule has 0 aliphatic carbocycles. The van der Waals surface area contributed by atoms with Crippen LogP contribution in [0, 0.1) is 11.3 Å². The third-order valence-corrected chi connectivity index (χ3v) is 4.26. The number of rotatable bonds is 6. The number of ether oxygens (including phenoxy) is 1. The summed E-state index contributed by atoms with van der Waals surface area (Å²) in [6.07, 6.45) is 0.0129. The van der Waals surface area contributed by atoms with Crippen LogP contribution >= 0.6 is 0 Å². The summed E-state index contributed by atoms with van der Waals surface area (Å²) in [4.78, 5) is 24.6. The molecule has 0 heterocycles. The van der Waals surface area contributed by atoms with Gasteiger partial charge in [0.05, 0.1) is 17.2 Å². The Morgan fingerprint density at radius 1 is 1.12 bits per heavy atom. The minimum atomic E-state index is -0.942. The van der Waals surface area contributed by atoms with Crippen molar-refractivity contribution in [3.05, 3.63) is 65.2 Å². The van der Waals surface area contributed by atoms with Crippen molar-refractivity contribution >= 4 is 17.6 Å².